The van der Waals surface area contributed by atoms with Gasteiger partial charge in [0.25, 0.3) is 0 Å². The molecule has 2 aliphatic heterocycles. The average molecular weight is 945 g/mol. The van der Waals surface area contributed by atoms with E-state index in [0.717, 1.165) is 82.2 Å². The lowest BCUT2D eigenvalue weighted by molar-refractivity contribution is -0.191. The number of halogens is 2. The summed E-state index contributed by atoms with van der Waals surface area (Å²) in [6, 6.07) is 12.3. The number of hydrogen-bond acceptors (Lipinski definition) is 8. The van der Waals surface area contributed by atoms with Crippen molar-refractivity contribution in [2.75, 3.05) is 7.11 Å². The lowest BCUT2D eigenvalue weighted by Crippen LogP contribution is -2.57. The van der Waals surface area contributed by atoms with Crippen LogP contribution in [0.15, 0.2) is 49.7 Å². The van der Waals surface area contributed by atoms with Gasteiger partial charge in [0.2, 0.25) is 0 Å². The summed E-state index contributed by atoms with van der Waals surface area (Å²) in [5.41, 5.74) is 2.46. The van der Waals surface area contributed by atoms with Crippen LogP contribution >= 0.6 is 31.9 Å². The molecule has 2 aromatic rings. The van der Waals surface area contributed by atoms with Crippen molar-refractivity contribution in [1.82, 2.24) is 4.72 Å². The summed E-state index contributed by atoms with van der Waals surface area (Å²) >= 11 is 7.13. The molecule has 3 unspecified atom stereocenters. The zero-order valence-electron chi connectivity index (χ0n) is 34.4. The molecule has 2 aromatic carbocycles. The minimum Gasteiger partial charge on any atom is -0.487 e. The molecule has 10 nitrogen and oxygen atoms in total. The maximum absolute atomic E-state index is 13.0. The second-order valence-electron chi connectivity index (χ2n) is 16.9. The van der Waals surface area contributed by atoms with E-state index in [4.69, 9.17) is 19.1 Å². The number of carbonyl (C=O) groups is 1. The Bertz CT molecular complexity index is 1770. The number of carbonyl (C=O) groups excluding carboxylic acids is 3. The third-order valence-electron chi connectivity index (χ3n) is 10.5. The Morgan fingerprint density at radius 3 is 1.80 bits per heavy atom. The van der Waals surface area contributed by atoms with Gasteiger partial charge in [0.05, 0.1) is 38.8 Å². The topological polar surface area (TPSA) is 137 Å². The Morgan fingerprint density at radius 2 is 1.32 bits per heavy atom. The van der Waals surface area contributed by atoms with E-state index in [0.29, 0.717) is 0 Å². The Labute approximate surface area is 355 Å². The zero-order chi connectivity index (χ0) is 42.0. The first-order valence-electron chi connectivity index (χ1n) is 19.4. The number of benzene rings is 2. The van der Waals surface area contributed by atoms with Crippen molar-refractivity contribution >= 4 is 71.7 Å². The van der Waals surface area contributed by atoms with Crippen molar-refractivity contribution in [3.8, 4) is 11.5 Å². The SMILES string of the molecule is CC(C)(C)S(=O)N=C1CC2(CCCCC2)Oc2ccc(Br)cc21.CCC1(NS(=O)C(C)(C)C)CC2(CCCCC2)Oc2ccc(Br)cc21.COC(C)=O.O=C=O. The van der Waals surface area contributed by atoms with Gasteiger partial charge in [0.1, 0.15) is 33.7 Å². The molecule has 2 saturated carbocycles. The number of methoxy groups -OCH3 is 1. The lowest BCUT2D eigenvalue weighted by atomic mass is 9.70. The predicted octanol–water partition coefficient (Wildman–Crippen LogP) is 10.4. The number of nitrogens with one attached hydrogen (secondary N) is 1. The molecule has 14 heteroatoms. The highest BCUT2D eigenvalue weighted by atomic mass is 79.9. The van der Waals surface area contributed by atoms with Crippen LogP contribution in [0.25, 0.3) is 0 Å². The molecule has 2 fully saturated rings. The van der Waals surface area contributed by atoms with Crippen LogP contribution < -0.4 is 14.2 Å². The summed E-state index contributed by atoms with van der Waals surface area (Å²) in [6.07, 6.45) is 14.5. The van der Waals surface area contributed by atoms with E-state index in [1.807, 2.05) is 65.8 Å². The Balaban J connectivity index is 0.000000253. The number of hydrogen-bond donors (Lipinski definition) is 1. The van der Waals surface area contributed by atoms with E-state index in [-0.39, 0.29) is 38.4 Å². The molecular weight excluding hydrogens is 884 g/mol. The third kappa shape index (κ3) is 13.1. The van der Waals surface area contributed by atoms with Crippen molar-refractivity contribution < 1.29 is 37.0 Å². The predicted molar refractivity (Wildman–Crippen MR) is 231 cm³/mol. The highest BCUT2D eigenvalue weighted by Crippen LogP contribution is 2.51. The van der Waals surface area contributed by atoms with Crippen molar-refractivity contribution in [3.05, 3.63) is 56.5 Å². The highest BCUT2D eigenvalue weighted by molar-refractivity contribution is 9.10. The first-order chi connectivity index (χ1) is 26.2. The van der Waals surface area contributed by atoms with E-state index in [2.05, 4.69) is 64.8 Å². The summed E-state index contributed by atoms with van der Waals surface area (Å²) in [6.45, 7) is 15.5. The molecule has 3 atom stereocenters. The molecule has 2 aliphatic carbocycles. The van der Waals surface area contributed by atoms with Gasteiger partial charge < -0.3 is 14.2 Å². The van der Waals surface area contributed by atoms with Crippen LogP contribution in [-0.4, -0.2) is 54.1 Å². The van der Waals surface area contributed by atoms with Gasteiger partial charge in [-0.1, -0.05) is 51.6 Å². The molecule has 0 radical (unpaired) electrons. The molecule has 2 spiro atoms. The van der Waals surface area contributed by atoms with E-state index in [9.17, 15) is 13.2 Å². The monoisotopic (exact) mass is 942 g/mol. The second-order valence-corrected chi connectivity index (χ2v) is 22.6. The van der Waals surface area contributed by atoms with Crippen molar-refractivity contribution in [2.45, 2.75) is 165 Å². The molecular formula is C42H60Br2N2O8S2. The molecule has 0 aromatic heterocycles. The van der Waals surface area contributed by atoms with Gasteiger partial charge in [-0.25, -0.2) is 13.1 Å². The second kappa shape index (κ2) is 20.7. The van der Waals surface area contributed by atoms with Gasteiger partial charge in [-0.15, -0.1) is 0 Å². The highest BCUT2D eigenvalue weighted by Gasteiger charge is 2.50. The number of esters is 1. The minimum atomic E-state index is -1.25. The number of nitrogens with zero attached hydrogens (tertiary/aromatic N) is 1. The zero-order valence-corrected chi connectivity index (χ0v) is 39.2. The number of fused-ring (bicyclic) bond motifs is 2. The van der Waals surface area contributed by atoms with Crippen LogP contribution in [0, 0.1) is 0 Å². The quantitative estimate of drug-likeness (QED) is 0.299. The molecule has 0 amide bonds. The first kappa shape index (κ1) is 48.2. The van der Waals surface area contributed by atoms with Crippen LogP contribution in [0.3, 0.4) is 0 Å². The maximum Gasteiger partial charge on any atom is 0.373 e. The summed E-state index contributed by atoms with van der Waals surface area (Å²) in [4.78, 5) is 25.8. The van der Waals surface area contributed by atoms with Crippen molar-refractivity contribution in [1.29, 1.82) is 0 Å². The Morgan fingerprint density at radius 1 is 0.839 bits per heavy atom. The molecule has 2 heterocycles. The lowest BCUT2D eigenvalue weighted by Gasteiger charge is -2.50. The third-order valence-corrected chi connectivity index (χ3v) is 14.6. The first-order valence-corrected chi connectivity index (χ1v) is 23.2. The normalized spacial score (nSPS) is 22.3. The largest absolute Gasteiger partial charge is 0.487 e. The van der Waals surface area contributed by atoms with Gasteiger partial charge in [-0.3, -0.25) is 4.79 Å². The van der Waals surface area contributed by atoms with Crippen LogP contribution in [0.2, 0.25) is 0 Å². The summed E-state index contributed by atoms with van der Waals surface area (Å²) in [5, 5.41) is 0. The van der Waals surface area contributed by atoms with Crippen molar-refractivity contribution in [2.24, 2.45) is 4.40 Å². The molecule has 6 rings (SSSR count). The van der Waals surface area contributed by atoms with E-state index in [1.165, 1.54) is 52.6 Å². The van der Waals surface area contributed by atoms with Gasteiger partial charge in [-0.2, -0.15) is 14.0 Å². The Kier molecular flexibility index (Phi) is 17.8. The summed E-state index contributed by atoms with van der Waals surface area (Å²) in [7, 11) is -1.03. The fourth-order valence-electron chi connectivity index (χ4n) is 7.44. The number of ether oxygens (including phenoxy) is 3. The van der Waals surface area contributed by atoms with Gasteiger partial charge in [0, 0.05) is 39.8 Å². The molecule has 0 saturated heterocycles. The van der Waals surface area contributed by atoms with Gasteiger partial charge >= 0.3 is 12.1 Å². The summed E-state index contributed by atoms with van der Waals surface area (Å²) in [5.74, 6) is 1.59. The van der Waals surface area contributed by atoms with E-state index >= 15 is 0 Å². The standard InChI is InChI=1S/C20H30BrNO2S.C18H24BrNO2S.C3H6O2.CO2/c1-5-20(22-25(23)18(2,3)4)14-19(11-7-6-8-12-19)24-17-10-9-15(21)13-16(17)20;1-17(2,3)23(21)20-15-12-18(9-5-4-6-10-18)22-16-8-7-13(19)11-14(15)16;1-3(4)5-2;2-1-3/h9-10,13,22H,5-8,11-12,14H2,1-4H3;7-8,11H,4-6,9-10,12H2,1-3H3;1-2H3;. The van der Waals surface area contributed by atoms with Crippen LogP contribution in [0.1, 0.15) is 150 Å². The van der Waals surface area contributed by atoms with Gasteiger partial charge in [-0.05, 0) is 136 Å². The maximum atomic E-state index is 13.0. The van der Waals surface area contributed by atoms with Crippen LogP contribution in [0.5, 0.6) is 11.5 Å². The average Bonchev–Trinajstić information content (AvgIpc) is 3.13. The van der Waals surface area contributed by atoms with E-state index in [1.54, 1.807) is 0 Å². The summed E-state index contributed by atoms with van der Waals surface area (Å²) < 4.78 is 52.2. The van der Waals surface area contributed by atoms with E-state index < -0.39 is 22.0 Å². The molecule has 56 heavy (non-hydrogen) atoms. The molecule has 1 N–H and O–H groups in total. The number of rotatable bonds is 4. The van der Waals surface area contributed by atoms with Crippen LogP contribution in [-0.2, 0) is 46.6 Å². The molecule has 0 bridgehead atoms. The minimum absolute atomic E-state index is 0.121. The van der Waals surface area contributed by atoms with Crippen molar-refractivity contribution in [3.63, 3.8) is 0 Å². The van der Waals surface area contributed by atoms with Crippen LogP contribution in [0.4, 0.5) is 0 Å². The molecule has 312 valence electrons. The smallest absolute Gasteiger partial charge is 0.373 e. The van der Waals surface area contributed by atoms with Gasteiger partial charge in [0.15, 0.2) is 0 Å². The Hall–Kier alpha value is -2.22. The fourth-order valence-corrected chi connectivity index (χ4v) is 9.79. The molecule has 4 aliphatic rings. The fraction of sp³-hybridized carbons (Fsp3) is 0.643.